The average molecular weight is 334 g/mol. The molecule has 5 nitrogen and oxygen atoms in total. The average Bonchev–Trinajstić information content (AvgIpc) is 2.87. The molecule has 1 amide bonds. The Morgan fingerprint density at radius 3 is 2.65 bits per heavy atom. The van der Waals surface area contributed by atoms with Crippen molar-refractivity contribution >= 4 is 37.2 Å². The maximum absolute atomic E-state index is 11.9. The molecule has 1 heterocycles. The molecule has 1 N–H and O–H groups in total. The molecule has 0 aliphatic carbocycles. The van der Waals surface area contributed by atoms with Gasteiger partial charge >= 0.3 is 0 Å². The molecular formula is C12H9Cl2NO4S. The summed E-state index contributed by atoms with van der Waals surface area (Å²) in [6.45, 7) is 0.182. The molecule has 0 spiro atoms. The lowest BCUT2D eigenvalue weighted by Crippen LogP contribution is -2.22. The van der Waals surface area contributed by atoms with Crippen molar-refractivity contribution in [3.63, 3.8) is 0 Å². The molecule has 0 aliphatic heterocycles. The summed E-state index contributed by atoms with van der Waals surface area (Å²) >= 11 is 5.78. The van der Waals surface area contributed by atoms with E-state index in [0.29, 0.717) is 5.76 Å². The predicted molar refractivity (Wildman–Crippen MR) is 74.4 cm³/mol. The maximum Gasteiger partial charge on any atom is 0.261 e. The fourth-order valence-corrected chi connectivity index (χ4v) is 2.62. The second-order valence-corrected chi connectivity index (χ2v) is 6.88. The van der Waals surface area contributed by atoms with E-state index >= 15 is 0 Å². The minimum atomic E-state index is -3.95. The van der Waals surface area contributed by atoms with Crippen LogP contribution in [-0.2, 0) is 15.6 Å². The number of hydrogen-bond donors (Lipinski definition) is 1. The molecule has 8 heteroatoms. The molecule has 1 aromatic heterocycles. The molecule has 2 aromatic rings. The third kappa shape index (κ3) is 3.75. The SMILES string of the molecule is O=C(NCc1ccco1)c1cc(Cl)cc(S(=O)(=O)Cl)c1. The standard InChI is InChI=1S/C12H9Cl2NO4S/c13-9-4-8(5-11(6-9)20(14,17)18)12(16)15-7-10-2-1-3-19-10/h1-6H,7H2,(H,15,16). The zero-order chi connectivity index (χ0) is 14.8. The number of hydrogen-bond acceptors (Lipinski definition) is 4. The minimum Gasteiger partial charge on any atom is -0.467 e. The highest BCUT2D eigenvalue weighted by molar-refractivity contribution is 8.13. The van der Waals surface area contributed by atoms with Gasteiger partial charge in [-0.25, -0.2) is 8.42 Å². The lowest BCUT2D eigenvalue weighted by molar-refractivity contribution is 0.0948. The fourth-order valence-electron chi connectivity index (χ4n) is 1.52. The predicted octanol–water partition coefficient (Wildman–Crippen LogP) is 2.79. The van der Waals surface area contributed by atoms with Crippen molar-refractivity contribution in [2.24, 2.45) is 0 Å². The molecular weight excluding hydrogens is 325 g/mol. The largest absolute Gasteiger partial charge is 0.467 e. The molecule has 0 atom stereocenters. The van der Waals surface area contributed by atoms with E-state index in [2.05, 4.69) is 5.32 Å². The van der Waals surface area contributed by atoms with Crippen LogP contribution in [0.2, 0.25) is 5.02 Å². The van der Waals surface area contributed by atoms with Gasteiger partial charge in [0.2, 0.25) is 0 Å². The Bertz CT molecular complexity index is 726. The van der Waals surface area contributed by atoms with Crippen LogP contribution in [0.1, 0.15) is 16.1 Å². The zero-order valence-electron chi connectivity index (χ0n) is 9.97. The van der Waals surface area contributed by atoms with Gasteiger partial charge < -0.3 is 9.73 Å². The van der Waals surface area contributed by atoms with Gasteiger partial charge in [-0.1, -0.05) is 11.6 Å². The van der Waals surface area contributed by atoms with E-state index in [1.54, 1.807) is 12.1 Å². The third-order valence-electron chi connectivity index (χ3n) is 2.42. The Hall–Kier alpha value is -1.50. The summed E-state index contributed by atoms with van der Waals surface area (Å²) < 4.78 is 27.6. The Labute approximate surface area is 124 Å². The van der Waals surface area contributed by atoms with E-state index in [4.69, 9.17) is 26.7 Å². The van der Waals surface area contributed by atoms with Gasteiger partial charge in [0.05, 0.1) is 17.7 Å². The van der Waals surface area contributed by atoms with Crippen LogP contribution in [0.4, 0.5) is 0 Å². The number of carbonyl (C=O) groups excluding carboxylic acids is 1. The van der Waals surface area contributed by atoms with Crippen LogP contribution in [0, 0.1) is 0 Å². The number of halogens is 2. The Balaban J connectivity index is 2.19. The fraction of sp³-hybridized carbons (Fsp3) is 0.0833. The second kappa shape index (κ2) is 5.87. The minimum absolute atomic E-state index is 0.100. The van der Waals surface area contributed by atoms with Crippen molar-refractivity contribution in [2.75, 3.05) is 0 Å². The van der Waals surface area contributed by atoms with E-state index in [-0.39, 0.29) is 22.0 Å². The Kier molecular flexibility index (Phi) is 4.37. The summed E-state index contributed by atoms with van der Waals surface area (Å²) in [6, 6.07) is 7.08. The van der Waals surface area contributed by atoms with Crippen molar-refractivity contribution in [3.05, 3.63) is 52.9 Å². The summed E-state index contributed by atoms with van der Waals surface area (Å²) in [4.78, 5) is 11.7. The van der Waals surface area contributed by atoms with E-state index in [9.17, 15) is 13.2 Å². The number of benzene rings is 1. The van der Waals surface area contributed by atoms with Crippen molar-refractivity contribution in [2.45, 2.75) is 11.4 Å². The lowest BCUT2D eigenvalue weighted by Gasteiger charge is -2.05. The molecule has 0 radical (unpaired) electrons. The normalized spacial score (nSPS) is 11.3. The van der Waals surface area contributed by atoms with E-state index in [1.807, 2.05) is 0 Å². The summed E-state index contributed by atoms with van der Waals surface area (Å²) in [7, 11) is 1.28. The monoisotopic (exact) mass is 333 g/mol. The van der Waals surface area contributed by atoms with Gasteiger partial charge in [-0.05, 0) is 30.3 Å². The number of amides is 1. The third-order valence-corrected chi connectivity index (χ3v) is 3.97. The second-order valence-electron chi connectivity index (χ2n) is 3.88. The highest BCUT2D eigenvalue weighted by Crippen LogP contribution is 2.22. The molecule has 1 aromatic carbocycles. The summed E-state index contributed by atoms with van der Waals surface area (Å²) in [6.07, 6.45) is 1.49. The van der Waals surface area contributed by atoms with Gasteiger partial charge in [-0.2, -0.15) is 0 Å². The van der Waals surface area contributed by atoms with E-state index in [1.165, 1.54) is 18.4 Å². The van der Waals surface area contributed by atoms with Crippen molar-refractivity contribution in [1.29, 1.82) is 0 Å². The van der Waals surface area contributed by atoms with Crippen LogP contribution in [0.15, 0.2) is 45.9 Å². The van der Waals surface area contributed by atoms with Gasteiger partial charge in [0.25, 0.3) is 15.0 Å². The zero-order valence-corrected chi connectivity index (χ0v) is 12.3. The highest BCUT2D eigenvalue weighted by atomic mass is 35.7. The molecule has 0 aliphatic rings. The summed E-state index contributed by atoms with van der Waals surface area (Å²) in [5.41, 5.74) is 0.100. The molecule has 0 saturated carbocycles. The molecule has 0 saturated heterocycles. The summed E-state index contributed by atoms with van der Waals surface area (Å²) in [5, 5.41) is 2.68. The van der Waals surface area contributed by atoms with E-state index in [0.717, 1.165) is 6.07 Å². The molecule has 106 valence electrons. The number of rotatable bonds is 4. The van der Waals surface area contributed by atoms with Gasteiger partial charge in [-0.15, -0.1) is 0 Å². The molecule has 2 rings (SSSR count). The molecule has 0 bridgehead atoms. The van der Waals surface area contributed by atoms with Crippen LogP contribution in [-0.4, -0.2) is 14.3 Å². The van der Waals surface area contributed by atoms with Gasteiger partial charge in [0.15, 0.2) is 0 Å². The van der Waals surface area contributed by atoms with Crippen molar-refractivity contribution in [3.8, 4) is 0 Å². The molecule has 0 fully saturated rings. The van der Waals surface area contributed by atoms with Gasteiger partial charge in [-0.3, -0.25) is 4.79 Å². The van der Waals surface area contributed by atoms with Crippen LogP contribution < -0.4 is 5.32 Å². The molecule has 0 unspecified atom stereocenters. The number of nitrogens with one attached hydrogen (secondary N) is 1. The van der Waals surface area contributed by atoms with Crippen LogP contribution in [0.3, 0.4) is 0 Å². The van der Waals surface area contributed by atoms with Crippen molar-refractivity contribution in [1.82, 2.24) is 5.32 Å². The number of furan rings is 1. The highest BCUT2D eigenvalue weighted by Gasteiger charge is 2.15. The molecule has 20 heavy (non-hydrogen) atoms. The van der Waals surface area contributed by atoms with E-state index < -0.39 is 15.0 Å². The first-order chi connectivity index (χ1) is 9.36. The maximum atomic E-state index is 11.9. The van der Waals surface area contributed by atoms with Crippen molar-refractivity contribution < 1.29 is 17.6 Å². The topological polar surface area (TPSA) is 76.4 Å². The summed E-state index contributed by atoms with van der Waals surface area (Å²) in [5.74, 6) is 0.0935. The van der Waals surface area contributed by atoms with Gasteiger partial charge in [0.1, 0.15) is 5.76 Å². The smallest absolute Gasteiger partial charge is 0.261 e. The van der Waals surface area contributed by atoms with Crippen LogP contribution in [0.5, 0.6) is 0 Å². The first-order valence-corrected chi connectivity index (χ1v) is 8.11. The quantitative estimate of drug-likeness (QED) is 0.873. The van der Waals surface area contributed by atoms with Crippen LogP contribution >= 0.6 is 22.3 Å². The Morgan fingerprint density at radius 1 is 1.30 bits per heavy atom. The number of carbonyl (C=O) groups is 1. The first-order valence-electron chi connectivity index (χ1n) is 5.42. The first kappa shape index (κ1) is 14.9. The Morgan fingerprint density at radius 2 is 2.05 bits per heavy atom. The lowest BCUT2D eigenvalue weighted by atomic mass is 10.2. The van der Waals surface area contributed by atoms with Gasteiger partial charge in [0, 0.05) is 21.3 Å². The van der Waals surface area contributed by atoms with Crippen LogP contribution in [0.25, 0.3) is 0 Å².